The second kappa shape index (κ2) is 12.8. The van der Waals surface area contributed by atoms with E-state index in [4.69, 9.17) is 20.3 Å². The lowest BCUT2D eigenvalue weighted by molar-refractivity contribution is -0.120. The largest absolute Gasteiger partial charge is 0.445 e. The SMILES string of the molecule is CC(N)c1ccccc1.C[C@H](NC(=O)CNC(=O)OCc1ccccc1)P(=O)(O)O. The molecule has 0 heterocycles. The van der Waals surface area contributed by atoms with Gasteiger partial charge in [0.25, 0.3) is 0 Å². The van der Waals surface area contributed by atoms with E-state index in [1.807, 2.05) is 43.3 Å². The molecule has 0 spiro atoms. The normalized spacial score (nSPS) is 12.6. The van der Waals surface area contributed by atoms with Gasteiger partial charge in [-0.05, 0) is 25.0 Å². The molecule has 0 aliphatic heterocycles. The van der Waals surface area contributed by atoms with Gasteiger partial charge >= 0.3 is 13.7 Å². The Labute approximate surface area is 175 Å². The molecule has 30 heavy (non-hydrogen) atoms. The van der Waals surface area contributed by atoms with Crippen molar-refractivity contribution in [2.45, 2.75) is 32.3 Å². The van der Waals surface area contributed by atoms with E-state index >= 15 is 0 Å². The predicted molar refractivity (Wildman–Crippen MR) is 113 cm³/mol. The van der Waals surface area contributed by atoms with Crippen LogP contribution in [0.5, 0.6) is 0 Å². The molecule has 0 saturated carbocycles. The van der Waals surface area contributed by atoms with E-state index in [2.05, 4.69) is 10.6 Å². The topological polar surface area (TPSA) is 151 Å². The zero-order valence-electron chi connectivity index (χ0n) is 16.9. The summed E-state index contributed by atoms with van der Waals surface area (Å²) in [5.41, 5.74) is 7.60. The summed E-state index contributed by atoms with van der Waals surface area (Å²) in [6.45, 7) is 2.78. The molecule has 6 N–H and O–H groups in total. The lowest BCUT2D eigenvalue weighted by Crippen LogP contribution is -2.40. The van der Waals surface area contributed by atoms with Crippen LogP contribution >= 0.6 is 7.60 Å². The number of alkyl carbamates (subject to hydrolysis) is 1. The van der Waals surface area contributed by atoms with Crippen molar-refractivity contribution >= 4 is 19.6 Å². The van der Waals surface area contributed by atoms with Crippen molar-refractivity contribution < 1.29 is 28.7 Å². The van der Waals surface area contributed by atoms with Gasteiger partial charge in [0.2, 0.25) is 5.91 Å². The van der Waals surface area contributed by atoms with Gasteiger partial charge in [-0.15, -0.1) is 0 Å². The summed E-state index contributed by atoms with van der Waals surface area (Å²) >= 11 is 0. The molecule has 0 radical (unpaired) electrons. The van der Waals surface area contributed by atoms with Crippen molar-refractivity contribution in [1.82, 2.24) is 10.6 Å². The Morgan fingerprint density at radius 2 is 1.57 bits per heavy atom. The van der Waals surface area contributed by atoms with Crippen LogP contribution < -0.4 is 16.4 Å². The molecule has 10 heteroatoms. The summed E-state index contributed by atoms with van der Waals surface area (Å²) in [5, 5.41) is 4.26. The van der Waals surface area contributed by atoms with Gasteiger partial charge in [-0.25, -0.2) is 4.79 Å². The van der Waals surface area contributed by atoms with Crippen LogP contribution in [0.1, 0.15) is 31.0 Å². The highest BCUT2D eigenvalue weighted by Gasteiger charge is 2.25. The van der Waals surface area contributed by atoms with Crippen molar-refractivity contribution in [2.24, 2.45) is 5.73 Å². The number of carbonyl (C=O) groups excluding carboxylic acids is 2. The number of nitrogens with two attached hydrogens (primary N) is 1. The number of hydrogen-bond acceptors (Lipinski definition) is 5. The Morgan fingerprint density at radius 1 is 1.03 bits per heavy atom. The Bertz CT molecular complexity index is 827. The fraction of sp³-hybridized carbons (Fsp3) is 0.300. The first-order valence-corrected chi connectivity index (χ1v) is 10.9. The number of benzene rings is 2. The summed E-state index contributed by atoms with van der Waals surface area (Å²) in [4.78, 5) is 40.3. The molecule has 1 unspecified atom stereocenters. The zero-order chi connectivity index (χ0) is 22.6. The number of carbonyl (C=O) groups is 2. The predicted octanol–water partition coefficient (Wildman–Crippen LogP) is 2.26. The van der Waals surface area contributed by atoms with Crippen molar-refractivity contribution in [1.29, 1.82) is 0 Å². The average Bonchev–Trinajstić information content (AvgIpc) is 2.72. The number of ether oxygens (including phenoxy) is 1. The van der Waals surface area contributed by atoms with Gasteiger partial charge in [0.05, 0.1) is 0 Å². The van der Waals surface area contributed by atoms with Crippen LogP contribution in [0.4, 0.5) is 4.79 Å². The zero-order valence-corrected chi connectivity index (χ0v) is 17.8. The molecule has 0 saturated heterocycles. The Balaban J connectivity index is 0.000000414. The van der Waals surface area contributed by atoms with Crippen molar-refractivity contribution in [3.05, 3.63) is 71.8 Å². The van der Waals surface area contributed by atoms with Crippen LogP contribution in [0.3, 0.4) is 0 Å². The lowest BCUT2D eigenvalue weighted by Gasteiger charge is -2.15. The van der Waals surface area contributed by atoms with Crippen LogP contribution in [-0.2, 0) is 20.7 Å². The fourth-order valence-corrected chi connectivity index (χ4v) is 2.36. The molecule has 0 fully saturated rings. The molecular weight excluding hydrogens is 409 g/mol. The maximum Gasteiger partial charge on any atom is 0.407 e. The minimum Gasteiger partial charge on any atom is -0.445 e. The smallest absolute Gasteiger partial charge is 0.407 e. The van der Waals surface area contributed by atoms with E-state index in [9.17, 15) is 14.2 Å². The number of hydrogen-bond donors (Lipinski definition) is 5. The van der Waals surface area contributed by atoms with Gasteiger partial charge in [-0.1, -0.05) is 60.7 Å². The van der Waals surface area contributed by atoms with Crippen molar-refractivity contribution in [2.75, 3.05) is 6.54 Å². The van der Waals surface area contributed by atoms with Crippen LogP contribution in [0.2, 0.25) is 0 Å². The highest BCUT2D eigenvalue weighted by Crippen LogP contribution is 2.38. The Morgan fingerprint density at radius 3 is 2.03 bits per heavy atom. The third-order valence-electron chi connectivity index (χ3n) is 3.81. The number of nitrogens with one attached hydrogen (secondary N) is 2. The first-order valence-electron chi connectivity index (χ1n) is 9.19. The lowest BCUT2D eigenvalue weighted by atomic mass is 10.1. The molecule has 2 aromatic rings. The summed E-state index contributed by atoms with van der Waals surface area (Å²) in [5.74, 6) is -2.03. The standard InChI is InChI=1S/C12H17N2O6P.C8H11N/c1-9(21(17,18)19)14-11(15)7-13-12(16)20-8-10-5-3-2-4-6-10;1-7(9)8-5-3-2-4-6-8/h2-6,9H,7-8H2,1H3,(H,13,16)(H,14,15)(H2,17,18,19);2-7H,9H2,1H3/t9-;/m1./s1. The molecule has 2 amide bonds. The van der Waals surface area contributed by atoms with Gasteiger partial charge in [0, 0.05) is 6.04 Å². The monoisotopic (exact) mass is 437 g/mol. The van der Waals surface area contributed by atoms with Crippen LogP contribution in [-0.4, -0.2) is 34.1 Å². The van der Waals surface area contributed by atoms with E-state index < -0.39 is 31.9 Å². The second-order valence-corrected chi connectivity index (χ2v) is 8.40. The number of rotatable bonds is 7. The molecule has 0 aromatic heterocycles. The molecule has 0 aliphatic rings. The highest BCUT2D eigenvalue weighted by atomic mass is 31.2. The third-order valence-corrected chi connectivity index (χ3v) is 4.94. The summed E-state index contributed by atoms with van der Waals surface area (Å²) in [6, 6.07) is 19.2. The first kappa shape index (κ1) is 25.3. The third kappa shape index (κ3) is 10.7. The van der Waals surface area contributed by atoms with E-state index in [1.54, 1.807) is 24.3 Å². The van der Waals surface area contributed by atoms with Crippen LogP contribution in [0.15, 0.2) is 60.7 Å². The maximum atomic E-state index is 11.4. The van der Waals surface area contributed by atoms with E-state index in [0.29, 0.717) is 0 Å². The maximum absolute atomic E-state index is 11.4. The molecule has 9 nitrogen and oxygen atoms in total. The molecule has 0 bridgehead atoms. The van der Waals surface area contributed by atoms with Gasteiger partial charge in [-0.3, -0.25) is 9.36 Å². The first-order chi connectivity index (χ1) is 14.1. The second-order valence-electron chi connectivity index (χ2n) is 6.45. The summed E-state index contributed by atoms with van der Waals surface area (Å²) < 4.78 is 15.7. The Hall–Kier alpha value is -2.71. The van der Waals surface area contributed by atoms with E-state index in [0.717, 1.165) is 5.56 Å². The molecule has 2 atom stereocenters. The van der Waals surface area contributed by atoms with Crippen LogP contribution in [0, 0.1) is 0 Å². The highest BCUT2D eigenvalue weighted by molar-refractivity contribution is 7.52. The van der Waals surface area contributed by atoms with Crippen molar-refractivity contribution in [3.63, 3.8) is 0 Å². The van der Waals surface area contributed by atoms with Crippen molar-refractivity contribution in [3.8, 4) is 0 Å². The molecule has 164 valence electrons. The van der Waals surface area contributed by atoms with E-state index in [1.165, 1.54) is 12.5 Å². The summed E-state index contributed by atoms with van der Waals surface area (Å²) in [7, 11) is -4.39. The van der Waals surface area contributed by atoms with Crippen LogP contribution in [0.25, 0.3) is 0 Å². The molecule has 2 aromatic carbocycles. The van der Waals surface area contributed by atoms with Gasteiger partial charge in [0.15, 0.2) is 0 Å². The fourth-order valence-electron chi connectivity index (χ4n) is 2.05. The van der Waals surface area contributed by atoms with Gasteiger partial charge in [0.1, 0.15) is 18.9 Å². The minimum atomic E-state index is -4.39. The van der Waals surface area contributed by atoms with E-state index in [-0.39, 0.29) is 12.6 Å². The average molecular weight is 437 g/mol. The quantitative estimate of drug-likeness (QED) is 0.417. The Kier molecular flexibility index (Phi) is 10.8. The van der Waals surface area contributed by atoms with Gasteiger partial charge in [-0.2, -0.15) is 0 Å². The molecule has 2 rings (SSSR count). The van der Waals surface area contributed by atoms with Gasteiger partial charge < -0.3 is 30.9 Å². The molecular formula is C20H28N3O6P. The summed E-state index contributed by atoms with van der Waals surface area (Å²) in [6.07, 6.45) is -0.794. The molecule has 0 aliphatic carbocycles. The minimum absolute atomic E-state index is 0.0627. The number of amides is 2.